The predicted octanol–water partition coefficient (Wildman–Crippen LogP) is 4.03. The Bertz CT molecular complexity index is 800. The first-order chi connectivity index (χ1) is 11.6. The Labute approximate surface area is 143 Å². The fourth-order valence-corrected chi connectivity index (χ4v) is 3.06. The summed E-state index contributed by atoms with van der Waals surface area (Å²) in [6, 6.07) is 7.45. The zero-order chi connectivity index (χ0) is 16.9. The molecule has 0 saturated heterocycles. The topological polar surface area (TPSA) is 80.1 Å². The van der Waals surface area contributed by atoms with E-state index in [-0.39, 0.29) is 11.9 Å². The van der Waals surface area contributed by atoms with Crippen molar-refractivity contribution in [2.24, 2.45) is 0 Å². The van der Waals surface area contributed by atoms with Gasteiger partial charge in [0.15, 0.2) is 0 Å². The second kappa shape index (κ2) is 7.27. The number of rotatable bonds is 5. The largest absolute Gasteiger partial charge is 0.423 e. The molecule has 1 atom stereocenters. The van der Waals surface area contributed by atoms with Crippen molar-refractivity contribution in [1.82, 2.24) is 15.5 Å². The van der Waals surface area contributed by atoms with Gasteiger partial charge < -0.3 is 15.1 Å². The number of urea groups is 1. The van der Waals surface area contributed by atoms with Gasteiger partial charge in [-0.2, -0.15) is 11.3 Å². The normalized spacial score (nSPS) is 11.9. The quantitative estimate of drug-likeness (QED) is 0.733. The Hall–Kier alpha value is -2.67. The van der Waals surface area contributed by atoms with Crippen molar-refractivity contribution in [3.8, 4) is 11.5 Å². The Morgan fingerprint density at radius 2 is 2.25 bits per heavy atom. The number of thiophene rings is 1. The number of nitrogens with zero attached hydrogens (tertiary/aromatic N) is 2. The molecule has 0 bridgehead atoms. The highest BCUT2D eigenvalue weighted by molar-refractivity contribution is 7.07. The van der Waals surface area contributed by atoms with Gasteiger partial charge in [-0.05, 0) is 52.9 Å². The number of nitrogens with one attached hydrogen (secondary N) is 2. The molecule has 0 aliphatic carbocycles. The van der Waals surface area contributed by atoms with E-state index in [0.29, 0.717) is 18.1 Å². The maximum atomic E-state index is 12.2. The lowest BCUT2D eigenvalue weighted by atomic mass is 10.1. The van der Waals surface area contributed by atoms with Gasteiger partial charge in [0.1, 0.15) is 0 Å². The fraction of sp³-hybridized carbons (Fsp3) is 0.235. The summed E-state index contributed by atoms with van der Waals surface area (Å²) in [5.41, 5.74) is 3.67. The standard InChI is InChI=1S/C17H18N4O2S/c1-11-3-4-13(16-21-19-10-23-16)7-15(11)20-17(22)18-8-12(2)14-5-6-24-9-14/h3-7,9-10,12H,8H2,1-2H3,(H2,18,20,22). The van der Waals surface area contributed by atoms with Crippen molar-refractivity contribution in [2.75, 3.05) is 11.9 Å². The fourth-order valence-electron chi connectivity index (χ4n) is 2.27. The highest BCUT2D eigenvalue weighted by Gasteiger charge is 2.11. The van der Waals surface area contributed by atoms with E-state index in [9.17, 15) is 4.79 Å². The van der Waals surface area contributed by atoms with Crippen molar-refractivity contribution in [2.45, 2.75) is 19.8 Å². The maximum Gasteiger partial charge on any atom is 0.319 e. The lowest BCUT2D eigenvalue weighted by Crippen LogP contribution is -2.31. The molecule has 0 fully saturated rings. The smallest absolute Gasteiger partial charge is 0.319 e. The molecule has 0 spiro atoms. The van der Waals surface area contributed by atoms with Crippen LogP contribution < -0.4 is 10.6 Å². The molecular weight excluding hydrogens is 324 g/mol. The van der Waals surface area contributed by atoms with Gasteiger partial charge >= 0.3 is 6.03 Å². The number of hydrogen-bond donors (Lipinski definition) is 2. The summed E-state index contributed by atoms with van der Waals surface area (Å²) in [6.07, 6.45) is 1.28. The average Bonchev–Trinajstić information content (AvgIpc) is 3.28. The van der Waals surface area contributed by atoms with E-state index in [1.165, 1.54) is 12.0 Å². The molecule has 2 N–H and O–H groups in total. The summed E-state index contributed by atoms with van der Waals surface area (Å²) in [7, 11) is 0. The second-order valence-electron chi connectivity index (χ2n) is 5.57. The molecular formula is C17H18N4O2S. The van der Waals surface area contributed by atoms with Gasteiger partial charge in [-0.1, -0.05) is 13.0 Å². The van der Waals surface area contributed by atoms with Crippen LogP contribution in [0.2, 0.25) is 0 Å². The van der Waals surface area contributed by atoms with Gasteiger partial charge in [-0.25, -0.2) is 4.79 Å². The van der Waals surface area contributed by atoms with E-state index in [0.717, 1.165) is 11.1 Å². The molecule has 0 radical (unpaired) electrons. The molecule has 3 rings (SSSR count). The average molecular weight is 342 g/mol. The van der Waals surface area contributed by atoms with Gasteiger partial charge in [0.05, 0.1) is 0 Å². The van der Waals surface area contributed by atoms with Crippen LogP contribution in [0.15, 0.2) is 45.8 Å². The summed E-state index contributed by atoms with van der Waals surface area (Å²) in [4.78, 5) is 12.2. The first-order valence-electron chi connectivity index (χ1n) is 7.57. The third-order valence-electron chi connectivity index (χ3n) is 3.77. The van der Waals surface area contributed by atoms with Gasteiger partial charge in [-0.15, -0.1) is 10.2 Å². The monoisotopic (exact) mass is 342 g/mol. The van der Waals surface area contributed by atoms with Gasteiger partial charge in [-0.3, -0.25) is 0 Å². The van der Waals surface area contributed by atoms with Crippen LogP contribution in [0.3, 0.4) is 0 Å². The number of benzene rings is 1. The summed E-state index contributed by atoms with van der Waals surface area (Å²) in [5.74, 6) is 0.692. The van der Waals surface area contributed by atoms with E-state index in [4.69, 9.17) is 4.42 Å². The third-order valence-corrected chi connectivity index (χ3v) is 4.48. The molecule has 2 aromatic heterocycles. The molecule has 124 valence electrons. The molecule has 24 heavy (non-hydrogen) atoms. The van der Waals surface area contributed by atoms with E-state index in [1.54, 1.807) is 11.3 Å². The van der Waals surface area contributed by atoms with Crippen LogP contribution in [0.1, 0.15) is 24.0 Å². The molecule has 0 saturated carbocycles. The number of carbonyl (C=O) groups excluding carboxylic acids is 1. The number of amides is 2. The van der Waals surface area contributed by atoms with Crippen LogP contribution in [-0.2, 0) is 0 Å². The molecule has 7 heteroatoms. The number of anilines is 1. The summed E-state index contributed by atoms with van der Waals surface area (Å²) >= 11 is 1.66. The Morgan fingerprint density at radius 1 is 1.38 bits per heavy atom. The minimum Gasteiger partial charge on any atom is -0.423 e. The van der Waals surface area contributed by atoms with Crippen molar-refractivity contribution in [3.05, 3.63) is 52.5 Å². The Kier molecular flexibility index (Phi) is 4.90. The summed E-state index contributed by atoms with van der Waals surface area (Å²) < 4.78 is 5.19. The van der Waals surface area contributed by atoms with Crippen LogP contribution in [0.4, 0.5) is 10.5 Å². The van der Waals surface area contributed by atoms with E-state index in [1.807, 2.05) is 30.5 Å². The van der Waals surface area contributed by atoms with Crippen LogP contribution in [0.5, 0.6) is 0 Å². The second-order valence-corrected chi connectivity index (χ2v) is 6.35. The molecule has 6 nitrogen and oxygen atoms in total. The first-order valence-corrected chi connectivity index (χ1v) is 8.52. The molecule has 2 amide bonds. The van der Waals surface area contributed by atoms with Crippen molar-refractivity contribution >= 4 is 23.1 Å². The van der Waals surface area contributed by atoms with Crippen LogP contribution in [-0.4, -0.2) is 22.8 Å². The van der Waals surface area contributed by atoms with E-state index < -0.39 is 0 Å². The maximum absolute atomic E-state index is 12.2. The molecule has 1 aromatic carbocycles. The third kappa shape index (κ3) is 3.80. The lowest BCUT2D eigenvalue weighted by Gasteiger charge is -2.13. The van der Waals surface area contributed by atoms with Gasteiger partial charge in [0.25, 0.3) is 0 Å². The molecule has 1 unspecified atom stereocenters. The van der Waals surface area contributed by atoms with Crippen LogP contribution in [0.25, 0.3) is 11.5 Å². The Balaban J connectivity index is 1.62. The number of aromatic nitrogens is 2. The molecule has 2 heterocycles. The molecule has 0 aliphatic heterocycles. The summed E-state index contributed by atoms with van der Waals surface area (Å²) in [6.45, 7) is 4.59. The van der Waals surface area contributed by atoms with E-state index in [2.05, 4.69) is 39.2 Å². The van der Waals surface area contributed by atoms with Crippen LogP contribution >= 0.6 is 11.3 Å². The summed E-state index contributed by atoms with van der Waals surface area (Å²) in [5, 5.41) is 17.5. The van der Waals surface area contributed by atoms with Crippen molar-refractivity contribution in [3.63, 3.8) is 0 Å². The van der Waals surface area contributed by atoms with E-state index >= 15 is 0 Å². The highest BCUT2D eigenvalue weighted by Crippen LogP contribution is 2.24. The molecule has 0 aliphatic rings. The highest BCUT2D eigenvalue weighted by atomic mass is 32.1. The zero-order valence-corrected chi connectivity index (χ0v) is 14.3. The van der Waals surface area contributed by atoms with Gasteiger partial charge in [0, 0.05) is 17.8 Å². The minimum absolute atomic E-state index is 0.233. The first kappa shape index (κ1) is 16.2. The zero-order valence-electron chi connectivity index (χ0n) is 13.4. The number of carbonyl (C=O) groups is 1. The Morgan fingerprint density at radius 3 is 2.96 bits per heavy atom. The number of aryl methyl sites for hydroxylation is 1. The SMILES string of the molecule is Cc1ccc(-c2nnco2)cc1NC(=O)NCC(C)c1ccsc1. The van der Waals surface area contributed by atoms with Crippen LogP contribution in [0, 0.1) is 6.92 Å². The van der Waals surface area contributed by atoms with Crippen molar-refractivity contribution < 1.29 is 9.21 Å². The predicted molar refractivity (Wildman–Crippen MR) is 94.2 cm³/mol. The molecule has 3 aromatic rings. The van der Waals surface area contributed by atoms with Crippen molar-refractivity contribution in [1.29, 1.82) is 0 Å². The number of hydrogen-bond acceptors (Lipinski definition) is 5. The minimum atomic E-state index is -0.233. The van der Waals surface area contributed by atoms with Gasteiger partial charge in [0.2, 0.25) is 12.3 Å². The lowest BCUT2D eigenvalue weighted by molar-refractivity contribution is 0.251.